The topological polar surface area (TPSA) is 41.1 Å². The van der Waals surface area contributed by atoms with Crippen molar-refractivity contribution in [1.82, 2.24) is 5.32 Å². The van der Waals surface area contributed by atoms with Gasteiger partial charge in [0.25, 0.3) is 5.91 Å². The molecule has 2 N–H and O–H groups in total. The van der Waals surface area contributed by atoms with Gasteiger partial charge in [0, 0.05) is 9.13 Å². The number of rotatable bonds is 3. The number of benzene rings is 2. The number of thiocarbonyl (C=S) groups is 1. The smallest absolute Gasteiger partial charge is 0.257 e. The Bertz CT molecular complexity index is 704. The molecular formula is C16H14FIN2OS. The molecular weight excluding hydrogens is 414 g/mol. The standard InChI is InChI=1S/C16H14FIN2OS/c1-2-10-3-5-11(6-4-10)15(21)20-16(22)19-14-8-7-12(18)9-13(14)17/h3-9H,2H2,1H3,(H2,19,20,21,22). The van der Waals surface area contributed by atoms with Crippen LogP contribution in [0.3, 0.4) is 0 Å². The predicted molar refractivity (Wildman–Crippen MR) is 98.6 cm³/mol. The van der Waals surface area contributed by atoms with Crippen molar-refractivity contribution in [3.05, 3.63) is 63.0 Å². The molecule has 0 fully saturated rings. The second-order valence-corrected chi connectivity index (χ2v) is 6.24. The Kier molecular flexibility index (Phi) is 5.84. The van der Waals surface area contributed by atoms with Gasteiger partial charge in [0.05, 0.1) is 5.69 Å². The Labute approximate surface area is 147 Å². The molecule has 0 saturated heterocycles. The van der Waals surface area contributed by atoms with Crippen LogP contribution >= 0.6 is 34.8 Å². The molecule has 0 aliphatic rings. The monoisotopic (exact) mass is 428 g/mol. The first kappa shape index (κ1) is 16.8. The van der Waals surface area contributed by atoms with E-state index in [1.165, 1.54) is 6.07 Å². The second-order valence-electron chi connectivity index (χ2n) is 4.58. The maximum absolute atomic E-state index is 13.7. The lowest BCUT2D eigenvalue weighted by Crippen LogP contribution is -2.34. The van der Waals surface area contributed by atoms with E-state index in [0.717, 1.165) is 15.6 Å². The molecule has 0 atom stereocenters. The molecule has 0 radical (unpaired) electrons. The van der Waals surface area contributed by atoms with Gasteiger partial charge >= 0.3 is 0 Å². The lowest BCUT2D eigenvalue weighted by atomic mass is 10.1. The minimum atomic E-state index is -0.421. The van der Waals surface area contributed by atoms with Gasteiger partial charge in [0.1, 0.15) is 5.82 Å². The normalized spacial score (nSPS) is 10.1. The van der Waals surface area contributed by atoms with Crippen molar-refractivity contribution in [2.75, 3.05) is 5.32 Å². The van der Waals surface area contributed by atoms with Crippen LogP contribution in [0.4, 0.5) is 10.1 Å². The van der Waals surface area contributed by atoms with Crippen LogP contribution in [0.2, 0.25) is 0 Å². The van der Waals surface area contributed by atoms with Crippen molar-refractivity contribution < 1.29 is 9.18 Å². The number of hydrogen-bond donors (Lipinski definition) is 2. The summed E-state index contributed by atoms with van der Waals surface area (Å²) in [6, 6.07) is 12.0. The molecule has 22 heavy (non-hydrogen) atoms. The van der Waals surface area contributed by atoms with Crippen LogP contribution < -0.4 is 10.6 Å². The van der Waals surface area contributed by atoms with E-state index in [2.05, 4.69) is 10.6 Å². The van der Waals surface area contributed by atoms with Gasteiger partial charge in [0.15, 0.2) is 5.11 Å². The highest BCUT2D eigenvalue weighted by molar-refractivity contribution is 14.1. The molecule has 1 amide bonds. The Hall–Kier alpha value is -1.54. The molecule has 3 nitrogen and oxygen atoms in total. The number of aryl methyl sites for hydroxylation is 1. The highest BCUT2D eigenvalue weighted by atomic mass is 127. The van der Waals surface area contributed by atoms with Gasteiger partial charge in [-0.25, -0.2) is 4.39 Å². The summed E-state index contributed by atoms with van der Waals surface area (Å²) < 4.78 is 14.5. The Balaban J connectivity index is 2.00. The zero-order chi connectivity index (χ0) is 16.1. The third kappa shape index (κ3) is 4.48. The van der Waals surface area contributed by atoms with Crippen LogP contribution in [-0.4, -0.2) is 11.0 Å². The minimum absolute atomic E-state index is 0.0599. The third-order valence-corrected chi connectivity index (χ3v) is 3.91. The Morgan fingerprint density at radius 1 is 1.23 bits per heavy atom. The van der Waals surface area contributed by atoms with Gasteiger partial charge in [-0.3, -0.25) is 10.1 Å². The van der Waals surface area contributed by atoms with E-state index in [-0.39, 0.29) is 16.7 Å². The maximum atomic E-state index is 13.7. The van der Waals surface area contributed by atoms with E-state index in [0.29, 0.717) is 5.56 Å². The molecule has 0 spiro atoms. The van der Waals surface area contributed by atoms with Crippen LogP contribution in [0.25, 0.3) is 0 Å². The average Bonchev–Trinajstić information content (AvgIpc) is 2.50. The van der Waals surface area contributed by atoms with Gasteiger partial charge < -0.3 is 5.32 Å². The van der Waals surface area contributed by atoms with E-state index >= 15 is 0 Å². The maximum Gasteiger partial charge on any atom is 0.257 e. The quantitative estimate of drug-likeness (QED) is 0.571. The fraction of sp³-hybridized carbons (Fsp3) is 0.125. The van der Waals surface area contributed by atoms with Gasteiger partial charge in [-0.2, -0.15) is 0 Å². The molecule has 114 valence electrons. The molecule has 6 heteroatoms. The number of carbonyl (C=O) groups excluding carboxylic acids is 1. The first-order valence-electron chi connectivity index (χ1n) is 6.66. The predicted octanol–water partition coefficient (Wildman–Crippen LogP) is 4.12. The Morgan fingerprint density at radius 2 is 1.91 bits per heavy atom. The Morgan fingerprint density at radius 3 is 2.50 bits per heavy atom. The minimum Gasteiger partial charge on any atom is -0.330 e. The van der Waals surface area contributed by atoms with E-state index in [1.807, 2.05) is 41.6 Å². The summed E-state index contributed by atoms with van der Waals surface area (Å²) in [7, 11) is 0. The number of amides is 1. The molecule has 0 aromatic heterocycles. The number of nitrogens with one attached hydrogen (secondary N) is 2. The molecule has 0 unspecified atom stereocenters. The lowest BCUT2D eigenvalue weighted by Gasteiger charge is -2.10. The van der Waals surface area contributed by atoms with Gasteiger partial charge in [-0.15, -0.1) is 0 Å². The van der Waals surface area contributed by atoms with Crippen LogP contribution in [0.1, 0.15) is 22.8 Å². The van der Waals surface area contributed by atoms with Crippen LogP contribution in [0.5, 0.6) is 0 Å². The molecule has 2 aromatic carbocycles. The first-order valence-corrected chi connectivity index (χ1v) is 8.14. The zero-order valence-electron chi connectivity index (χ0n) is 11.8. The summed E-state index contributed by atoms with van der Waals surface area (Å²) in [5.41, 5.74) is 1.88. The van der Waals surface area contributed by atoms with Crippen molar-refractivity contribution in [1.29, 1.82) is 0 Å². The van der Waals surface area contributed by atoms with E-state index < -0.39 is 5.82 Å². The molecule has 2 aromatic rings. The van der Waals surface area contributed by atoms with Crippen molar-refractivity contribution >= 4 is 51.5 Å². The molecule has 2 rings (SSSR count). The first-order chi connectivity index (χ1) is 10.5. The van der Waals surface area contributed by atoms with Crippen molar-refractivity contribution in [2.45, 2.75) is 13.3 Å². The molecule has 0 bridgehead atoms. The number of hydrogen-bond acceptors (Lipinski definition) is 2. The van der Waals surface area contributed by atoms with E-state index in [1.54, 1.807) is 24.3 Å². The van der Waals surface area contributed by atoms with Crippen molar-refractivity contribution in [3.8, 4) is 0 Å². The summed E-state index contributed by atoms with van der Waals surface area (Å²) in [6.07, 6.45) is 0.911. The SMILES string of the molecule is CCc1ccc(C(=O)NC(=S)Nc2ccc(I)cc2F)cc1. The van der Waals surface area contributed by atoms with Crippen molar-refractivity contribution in [2.24, 2.45) is 0 Å². The molecule has 0 aliphatic heterocycles. The van der Waals surface area contributed by atoms with E-state index in [4.69, 9.17) is 12.2 Å². The average molecular weight is 428 g/mol. The van der Waals surface area contributed by atoms with Gasteiger partial charge in [-0.05, 0) is 77.1 Å². The third-order valence-electron chi connectivity index (χ3n) is 3.03. The fourth-order valence-corrected chi connectivity index (χ4v) is 2.47. The number of anilines is 1. The van der Waals surface area contributed by atoms with Gasteiger partial charge in [0.2, 0.25) is 0 Å². The van der Waals surface area contributed by atoms with Crippen molar-refractivity contribution in [3.63, 3.8) is 0 Å². The molecule has 0 heterocycles. The highest BCUT2D eigenvalue weighted by Crippen LogP contribution is 2.16. The fourth-order valence-electron chi connectivity index (χ4n) is 1.81. The van der Waals surface area contributed by atoms with E-state index in [9.17, 15) is 9.18 Å². The summed E-state index contributed by atoms with van der Waals surface area (Å²) >= 11 is 7.06. The second kappa shape index (κ2) is 7.64. The van der Waals surface area contributed by atoms with Crippen LogP contribution in [0.15, 0.2) is 42.5 Å². The zero-order valence-corrected chi connectivity index (χ0v) is 14.8. The summed E-state index contributed by atoms with van der Waals surface area (Å²) in [4.78, 5) is 12.1. The van der Waals surface area contributed by atoms with Crippen LogP contribution in [0, 0.1) is 9.39 Å². The summed E-state index contributed by atoms with van der Waals surface area (Å²) in [6.45, 7) is 2.05. The number of halogens is 2. The summed E-state index contributed by atoms with van der Waals surface area (Å²) in [5, 5.41) is 5.28. The molecule has 0 saturated carbocycles. The largest absolute Gasteiger partial charge is 0.330 e. The summed E-state index contributed by atoms with van der Waals surface area (Å²) in [5.74, 6) is -0.748. The highest BCUT2D eigenvalue weighted by Gasteiger charge is 2.09. The number of carbonyl (C=O) groups is 1. The van der Waals surface area contributed by atoms with Gasteiger partial charge in [-0.1, -0.05) is 19.1 Å². The van der Waals surface area contributed by atoms with Crippen LogP contribution in [-0.2, 0) is 6.42 Å². The molecule has 0 aliphatic carbocycles. The lowest BCUT2D eigenvalue weighted by molar-refractivity contribution is 0.0977.